The van der Waals surface area contributed by atoms with Crippen molar-refractivity contribution in [2.45, 2.75) is 38.1 Å². The lowest BCUT2D eigenvalue weighted by atomic mass is 9.80. The van der Waals surface area contributed by atoms with Crippen LogP contribution in [-0.4, -0.2) is 25.1 Å². The summed E-state index contributed by atoms with van der Waals surface area (Å²) in [5.41, 5.74) is 0.532. The zero-order valence-electron chi connectivity index (χ0n) is 16.2. The molecule has 1 saturated carbocycles. The molecule has 0 radical (unpaired) electrons. The van der Waals surface area contributed by atoms with Crippen LogP contribution in [0.4, 0.5) is 4.39 Å². The smallest absolute Gasteiger partial charge is 0.207 e. The molecule has 1 fully saturated rings. The number of ether oxygens (including phenoxy) is 4. The summed E-state index contributed by atoms with van der Waals surface area (Å²) in [6.07, 6.45) is 3.02. The van der Waals surface area contributed by atoms with Gasteiger partial charge < -0.3 is 18.9 Å². The number of Topliss-reactive ketones (excluding diaryl/α,β-unsaturated/α-hetero) is 1. The highest BCUT2D eigenvalue weighted by Gasteiger charge is 2.41. The Labute approximate surface area is 169 Å². The topological polar surface area (TPSA) is 54.0 Å². The van der Waals surface area contributed by atoms with Gasteiger partial charge in [-0.3, -0.25) is 4.79 Å². The van der Waals surface area contributed by atoms with E-state index in [-0.39, 0.29) is 42.1 Å². The van der Waals surface area contributed by atoms with Crippen molar-refractivity contribution in [3.05, 3.63) is 71.9 Å². The quantitative estimate of drug-likeness (QED) is 0.722. The van der Waals surface area contributed by atoms with E-state index in [1.807, 2.05) is 0 Å². The van der Waals surface area contributed by atoms with Crippen molar-refractivity contribution in [3.8, 4) is 11.5 Å². The molecule has 152 valence electrons. The lowest BCUT2D eigenvalue weighted by molar-refractivity contribution is -0.134. The first-order chi connectivity index (χ1) is 14.1. The van der Waals surface area contributed by atoms with Gasteiger partial charge in [0.2, 0.25) is 11.5 Å². The maximum absolute atomic E-state index is 13.8. The van der Waals surface area contributed by atoms with Crippen LogP contribution in [0.5, 0.6) is 11.5 Å². The number of ketones is 1. The zero-order valence-corrected chi connectivity index (χ0v) is 16.2. The molecule has 3 atom stereocenters. The molecule has 0 amide bonds. The second-order valence-corrected chi connectivity index (χ2v) is 7.25. The second-order valence-electron chi connectivity index (χ2n) is 7.25. The van der Waals surface area contributed by atoms with Gasteiger partial charge in [0.25, 0.3) is 0 Å². The highest BCUT2D eigenvalue weighted by Crippen LogP contribution is 2.35. The lowest BCUT2D eigenvalue weighted by Crippen LogP contribution is -2.42. The molecule has 2 aromatic rings. The average molecular weight is 398 g/mol. The molecule has 2 aliphatic rings. The van der Waals surface area contributed by atoms with Crippen LogP contribution in [0.2, 0.25) is 0 Å². The molecule has 0 aromatic heterocycles. The summed E-state index contributed by atoms with van der Waals surface area (Å²) in [7, 11) is 1.57. The highest BCUT2D eigenvalue weighted by atomic mass is 19.1. The Kier molecular flexibility index (Phi) is 5.81. The van der Waals surface area contributed by atoms with Crippen molar-refractivity contribution in [1.29, 1.82) is 0 Å². The minimum absolute atomic E-state index is 0.0587. The van der Waals surface area contributed by atoms with E-state index in [2.05, 4.69) is 0 Å². The predicted octanol–water partition coefficient (Wildman–Crippen LogP) is 4.41. The number of hydrogen-bond donors (Lipinski definition) is 0. The summed E-state index contributed by atoms with van der Waals surface area (Å²) in [4.78, 5) is 12.9. The van der Waals surface area contributed by atoms with Crippen molar-refractivity contribution >= 4 is 5.78 Å². The maximum atomic E-state index is 13.8. The Morgan fingerprint density at radius 1 is 1.10 bits per heavy atom. The van der Waals surface area contributed by atoms with Gasteiger partial charge in [0, 0.05) is 18.1 Å². The molecule has 5 nitrogen and oxygen atoms in total. The fraction of sp³-hybridized carbons (Fsp3) is 0.348. The Hall–Kier alpha value is -2.86. The molecule has 2 aromatic carbocycles. The van der Waals surface area contributed by atoms with Crippen molar-refractivity contribution in [2.75, 3.05) is 7.11 Å². The first kappa shape index (κ1) is 19.5. The van der Waals surface area contributed by atoms with Crippen LogP contribution < -0.4 is 9.47 Å². The van der Waals surface area contributed by atoms with E-state index in [0.29, 0.717) is 29.9 Å². The first-order valence-corrected chi connectivity index (χ1v) is 9.71. The number of halogens is 1. The largest absolute Gasteiger partial charge is 0.497 e. The maximum Gasteiger partial charge on any atom is 0.207 e. The summed E-state index contributed by atoms with van der Waals surface area (Å²) < 4.78 is 36.4. The molecule has 4 rings (SSSR count). The monoisotopic (exact) mass is 398 g/mol. The molecule has 0 N–H and O–H groups in total. The van der Waals surface area contributed by atoms with E-state index in [1.54, 1.807) is 49.6 Å². The lowest BCUT2D eigenvalue weighted by Gasteiger charge is -2.37. The van der Waals surface area contributed by atoms with E-state index >= 15 is 0 Å². The summed E-state index contributed by atoms with van der Waals surface area (Å²) in [6, 6.07) is 13.7. The second kappa shape index (κ2) is 8.66. The summed E-state index contributed by atoms with van der Waals surface area (Å²) in [5, 5.41) is 0. The molecular formula is C23H23FO5. The van der Waals surface area contributed by atoms with Crippen LogP contribution in [0.1, 0.15) is 24.8 Å². The molecule has 6 heteroatoms. The Balaban J connectivity index is 1.36. The summed E-state index contributed by atoms with van der Waals surface area (Å²) in [6.45, 7) is 0.211. The first-order valence-electron chi connectivity index (χ1n) is 9.71. The van der Waals surface area contributed by atoms with Crippen LogP contribution in [0.15, 0.2) is 60.6 Å². The molecule has 0 saturated heterocycles. The van der Waals surface area contributed by atoms with E-state index in [0.717, 1.165) is 6.42 Å². The molecular weight excluding hydrogens is 375 g/mol. The predicted molar refractivity (Wildman–Crippen MR) is 104 cm³/mol. The number of allylic oxidation sites excluding steroid dienone is 1. The van der Waals surface area contributed by atoms with Crippen LogP contribution in [-0.2, 0) is 20.9 Å². The van der Waals surface area contributed by atoms with Gasteiger partial charge in [-0.2, -0.15) is 0 Å². The van der Waals surface area contributed by atoms with E-state index < -0.39 is 0 Å². The normalized spacial score (nSPS) is 23.6. The third-order valence-corrected chi connectivity index (χ3v) is 5.37. The summed E-state index contributed by atoms with van der Waals surface area (Å²) in [5.74, 6) is 0.786. The Morgan fingerprint density at radius 3 is 2.76 bits per heavy atom. The molecule has 29 heavy (non-hydrogen) atoms. The van der Waals surface area contributed by atoms with Crippen LogP contribution >= 0.6 is 0 Å². The molecule has 1 aliphatic carbocycles. The van der Waals surface area contributed by atoms with E-state index in [9.17, 15) is 9.18 Å². The number of rotatable bonds is 6. The SMILES string of the molecule is COc1cccc(OC2=COC3CC(OCc4ccccc4F)CCC3C2=O)c1. The van der Waals surface area contributed by atoms with Gasteiger partial charge in [-0.05, 0) is 31.0 Å². The average Bonchev–Trinajstić information content (AvgIpc) is 2.75. The van der Waals surface area contributed by atoms with Gasteiger partial charge >= 0.3 is 0 Å². The minimum atomic E-state index is -0.271. The number of hydrogen-bond acceptors (Lipinski definition) is 5. The van der Waals surface area contributed by atoms with Crippen LogP contribution in [0, 0.1) is 11.7 Å². The van der Waals surface area contributed by atoms with Gasteiger partial charge in [0.05, 0.1) is 25.7 Å². The number of carbonyl (C=O) groups excluding carboxylic acids is 1. The minimum Gasteiger partial charge on any atom is -0.497 e. The molecule has 3 unspecified atom stereocenters. The third kappa shape index (κ3) is 4.43. The van der Waals surface area contributed by atoms with E-state index in [4.69, 9.17) is 18.9 Å². The molecule has 0 spiro atoms. The number of methoxy groups -OCH3 is 1. The van der Waals surface area contributed by atoms with Gasteiger partial charge in [0.1, 0.15) is 29.7 Å². The fourth-order valence-electron chi connectivity index (χ4n) is 3.77. The highest BCUT2D eigenvalue weighted by molar-refractivity contribution is 5.96. The van der Waals surface area contributed by atoms with Crippen molar-refractivity contribution in [1.82, 2.24) is 0 Å². The van der Waals surface area contributed by atoms with Crippen molar-refractivity contribution in [3.63, 3.8) is 0 Å². The van der Waals surface area contributed by atoms with Gasteiger partial charge in [-0.1, -0.05) is 24.3 Å². The fourth-order valence-corrected chi connectivity index (χ4v) is 3.77. The van der Waals surface area contributed by atoms with Gasteiger partial charge in [-0.15, -0.1) is 0 Å². The molecule has 0 bridgehead atoms. The molecule has 1 aliphatic heterocycles. The van der Waals surface area contributed by atoms with Gasteiger partial charge in [0.15, 0.2) is 0 Å². The Bertz CT molecular complexity index is 910. The number of fused-ring (bicyclic) bond motifs is 1. The molecule has 1 heterocycles. The van der Waals surface area contributed by atoms with Crippen molar-refractivity contribution < 1.29 is 28.1 Å². The van der Waals surface area contributed by atoms with Crippen LogP contribution in [0.3, 0.4) is 0 Å². The van der Waals surface area contributed by atoms with Crippen molar-refractivity contribution in [2.24, 2.45) is 5.92 Å². The standard InChI is InChI=1S/C23H23FO5/c1-26-16-6-4-7-18(11-16)29-22-14-28-21-12-17(9-10-19(21)23(22)25)27-13-15-5-2-3-8-20(15)24/h2-8,11,14,17,19,21H,9-10,12-13H2,1H3. The number of carbonyl (C=O) groups is 1. The van der Waals surface area contributed by atoms with Crippen LogP contribution in [0.25, 0.3) is 0 Å². The van der Waals surface area contributed by atoms with Gasteiger partial charge in [-0.25, -0.2) is 4.39 Å². The van der Waals surface area contributed by atoms with E-state index in [1.165, 1.54) is 12.3 Å². The summed E-state index contributed by atoms with van der Waals surface area (Å²) >= 11 is 0. The zero-order chi connectivity index (χ0) is 20.2. The Morgan fingerprint density at radius 2 is 1.93 bits per heavy atom. The number of benzene rings is 2. The third-order valence-electron chi connectivity index (χ3n) is 5.37.